The zero-order valence-corrected chi connectivity index (χ0v) is 15.0. The number of allylic oxidation sites excluding steroid dienone is 1. The number of carbonyl (C=O) groups is 2. The van der Waals surface area contributed by atoms with Gasteiger partial charge in [0, 0.05) is 23.1 Å². The molecule has 0 spiro atoms. The number of carbonyl (C=O) groups excluding carboxylic acids is 2. The second-order valence-corrected chi connectivity index (χ2v) is 6.70. The summed E-state index contributed by atoms with van der Waals surface area (Å²) in [6.45, 7) is 2.99. The first-order valence-corrected chi connectivity index (χ1v) is 8.94. The summed E-state index contributed by atoms with van der Waals surface area (Å²) in [5.74, 6) is -0.485. The quantitative estimate of drug-likeness (QED) is 0.449. The minimum absolute atomic E-state index is 0.0761. The fourth-order valence-electron chi connectivity index (χ4n) is 2.70. The number of methoxy groups -OCH3 is 1. The standard InChI is InChI=1S/C20H19NO3S/c1-3-12-21-16-6-4-5-7-18(16)25-19(21)13-17(22)14-8-10-15(11-9-14)20(23)24-2/h4-11,13H,3,12H2,1-2H3. The van der Waals surface area contributed by atoms with Gasteiger partial charge >= 0.3 is 5.97 Å². The molecule has 0 unspecified atom stereocenters. The van der Waals surface area contributed by atoms with Crippen molar-refractivity contribution in [1.29, 1.82) is 0 Å². The molecular formula is C20H19NO3S. The molecule has 0 fully saturated rings. The monoisotopic (exact) mass is 353 g/mol. The van der Waals surface area contributed by atoms with Crippen LogP contribution in [-0.2, 0) is 4.74 Å². The van der Waals surface area contributed by atoms with Crippen LogP contribution in [0.1, 0.15) is 34.1 Å². The minimum atomic E-state index is -0.409. The first-order chi connectivity index (χ1) is 12.1. The maximum absolute atomic E-state index is 12.6. The Labute approximate surface area is 151 Å². The molecule has 0 bridgehead atoms. The molecule has 1 aliphatic heterocycles. The molecule has 2 aromatic carbocycles. The molecule has 0 radical (unpaired) electrons. The third kappa shape index (κ3) is 3.61. The van der Waals surface area contributed by atoms with Gasteiger partial charge in [0.05, 0.1) is 23.4 Å². The van der Waals surface area contributed by atoms with Gasteiger partial charge in [-0.1, -0.05) is 43.0 Å². The van der Waals surface area contributed by atoms with Crippen LogP contribution in [0.3, 0.4) is 0 Å². The van der Waals surface area contributed by atoms with Crippen LogP contribution in [0.2, 0.25) is 0 Å². The maximum atomic E-state index is 12.6. The highest BCUT2D eigenvalue weighted by Crippen LogP contribution is 2.45. The zero-order valence-electron chi connectivity index (χ0n) is 14.2. The predicted octanol–water partition coefficient (Wildman–Crippen LogP) is 4.52. The molecule has 0 atom stereocenters. The smallest absolute Gasteiger partial charge is 0.337 e. The number of rotatable bonds is 5. The zero-order chi connectivity index (χ0) is 17.8. The van der Waals surface area contributed by atoms with Crippen LogP contribution in [0.15, 0.2) is 64.5 Å². The third-order valence-corrected chi connectivity index (χ3v) is 5.04. The number of ketones is 1. The largest absolute Gasteiger partial charge is 0.465 e. The molecule has 0 saturated carbocycles. The number of benzene rings is 2. The van der Waals surface area contributed by atoms with E-state index in [-0.39, 0.29) is 5.78 Å². The van der Waals surface area contributed by atoms with Crippen LogP contribution in [0.4, 0.5) is 5.69 Å². The lowest BCUT2D eigenvalue weighted by Gasteiger charge is -2.19. The lowest BCUT2D eigenvalue weighted by molar-refractivity contribution is 0.0600. The molecule has 1 heterocycles. The van der Waals surface area contributed by atoms with Crippen molar-refractivity contribution in [1.82, 2.24) is 0 Å². The van der Waals surface area contributed by atoms with Crippen LogP contribution < -0.4 is 4.90 Å². The molecule has 2 aromatic rings. The second-order valence-electron chi connectivity index (χ2n) is 5.64. The van der Waals surface area contributed by atoms with Crippen LogP contribution >= 0.6 is 11.8 Å². The number of ether oxygens (including phenoxy) is 1. The van der Waals surface area contributed by atoms with Crippen molar-refractivity contribution in [2.45, 2.75) is 18.2 Å². The van der Waals surface area contributed by atoms with Crippen molar-refractivity contribution in [2.75, 3.05) is 18.6 Å². The Kier molecular flexibility index (Phi) is 5.24. The molecule has 0 saturated heterocycles. The van der Waals surface area contributed by atoms with Crippen molar-refractivity contribution in [3.05, 3.63) is 70.8 Å². The molecule has 4 nitrogen and oxygen atoms in total. The van der Waals surface area contributed by atoms with Gasteiger partial charge in [-0.15, -0.1) is 0 Å². The number of hydrogen-bond donors (Lipinski definition) is 0. The number of para-hydroxylation sites is 1. The summed E-state index contributed by atoms with van der Waals surface area (Å²) in [6.07, 6.45) is 2.67. The summed E-state index contributed by atoms with van der Waals surface area (Å²) in [5, 5.41) is 0.935. The van der Waals surface area contributed by atoms with E-state index in [1.165, 1.54) is 7.11 Å². The molecule has 0 N–H and O–H groups in total. The summed E-state index contributed by atoms with van der Waals surface area (Å²) in [5.41, 5.74) is 2.13. The van der Waals surface area contributed by atoms with Gasteiger partial charge in [0.15, 0.2) is 5.78 Å². The van der Waals surface area contributed by atoms with Crippen molar-refractivity contribution < 1.29 is 14.3 Å². The van der Waals surface area contributed by atoms with Crippen LogP contribution in [0.25, 0.3) is 0 Å². The van der Waals surface area contributed by atoms with Gasteiger partial charge in [0.2, 0.25) is 0 Å². The second kappa shape index (κ2) is 7.57. The van der Waals surface area contributed by atoms with Crippen molar-refractivity contribution >= 4 is 29.2 Å². The lowest BCUT2D eigenvalue weighted by atomic mass is 10.1. The van der Waals surface area contributed by atoms with E-state index in [4.69, 9.17) is 0 Å². The fourth-order valence-corrected chi connectivity index (χ4v) is 3.82. The Balaban J connectivity index is 1.84. The Bertz CT molecular complexity index is 827. The predicted molar refractivity (Wildman–Crippen MR) is 100 cm³/mol. The maximum Gasteiger partial charge on any atom is 0.337 e. The number of thioether (sulfide) groups is 1. The molecule has 25 heavy (non-hydrogen) atoms. The average Bonchev–Trinajstić information content (AvgIpc) is 2.99. The Morgan fingerprint density at radius 2 is 1.76 bits per heavy atom. The van der Waals surface area contributed by atoms with E-state index in [1.54, 1.807) is 42.1 Å². The number of anilines is 1. The van der Waals surface area contributed by atoms with Crippen LogP contribution in [0, 0.1) is 0 Å². The summed E-state index contributed by atoms with van der Waals surface area (Å²) < 4.78 is 4.68. The van der Waals surface area contributed by atoms with E-state index in [2.05, 4.69) is 28.7 Å². The molecule has 5 heteroatoms. The highest BCUT2D eigenvalue weighted by molar-refractivity contribution is 8.03. The molecule has 128 valence electrons. The number of fused-ring (bicyclic) bond motifs is 1. The summed E-state index contributed by atoms with van der Waals surface area (Å²) in [6, 6.07) is 14.7. The van der Waals surface area contributed by atoms with Crippen LogP contribution in [0.5, 0.6) is 0 Å². The van der Waals surface area contributed by atoms with E-state index in [9.17, 15) is 9.59 Å². The van der Waals surface area contributed by atoms with E-state index in [0.717, 1.165) is 28.6 Å². The first-order valence-electron chi connectivity index (χ1n) is 8.13. The van der Waals surface area contributed by atoms with Crippen molar-refractivity contribution in [3.8, 4) is 0 Å². The van der Waals surface area contributed by atoms with Gasteiger partial charge in [-0.2, -0.15) is 0 Å². The number of nitrogens with zero attached hydrogens (tertiary/aromatic N) is 1. The summed E-state index contributed by atoms with van der Waals surface area (Å²) in [7, 11) is 1.34. The average molecular weight is 353 g/mol. The molecule has 0 aliphatic carbocycles. The topological polar surface area (TPSA) is 46.6 Å². The Morgan fingerprint density at radius 3 is 2.44 bits per heavy atom. The Morgan fingerprint density at radius 1 is 1.08 bits per heavy atom. The van der Waals surface area contributed by atoms with Gasteiger partial charge in [-0.05, 0) is 30.7 Å². The van der Waals surface area contributed by atoms with Crippen molar-refractivity contribution in [3.63, 3.8) is 0 Å². The summed E-state index contributed by atoms with van der Waals surface area (Å²) in [4.78, 5) is 27.4. The van der Waals surface area contributed by atoms with Gasteiger partial charge in [0.1, 0.15) is 0 Å². The number of hydrogen-bond acceptors (Lipinski definition) is 5. The van der Waals surface area contributed by atoms with Gasteiger partial charge in [0.25, 0.3) is 0 Å². The molecule has 1 aliphatic rings. The van der Waals surface area contributed by atoms with Crippen molar-refractivity contribution in [2.24, 2.45) is 0 Å². The highest BCUT2D eigenvalue weighted by atomic mass is 32.2. The van der Waals surface area contributed by atoms with E-state index in [0.29, 0.717) is 11.1 Å². The highest BCUT2D eigenvalue weighted by Gasteiger charge is 2.24. The fraction of sp³-hybridized carbons (Fsp3) is 0.200. The molecule has 3 rings (SSSR count). The molecule has 0 aromatic heterocycles. The third-order valence-electron chi connectivity index (χ3n) is 3.93. The molecule has 0 amide bonds. The van der Waals surface area contributed by atoms with Gasteiger partial charge in [-0.25, -0.2) is 4.79 Å². The first kappa shape index (κ1) is 17.3. The summed E-state index contributed by atoms with van der Waals surface area (Å²) >= 11 is 1.61. The van der Waals surface area contributed by atoms with Gasteiger partial charge in [-0.3, -0.25) is 4.79 Å². The van der Waals surface area contributed by atoms with E-state index < -0.39 is 5.97 Å². The molecular weight excluding hydrogens is 334 g/mol. The lowest BCUT2D eigenvalue weighted by Crippen LogP contribution is -2.19. The van der Waals surface area contributed by atoms with Gasteiger partial charge < -0.3 is 9.64 Å². The number of esters is 1. The normalized spacial score (nSPS) is 14.5. The van der Waals surface area contributed by atoms with E-state index >= 15 is 0 Å². The minimum Gasteiger partial charge on any atom is -0.465 e. The Hall–Kier alpha value is -2.53. The van der Waals surface area contributed by atoms with Crippen LogP contribution in [-0.4, -0.2) is 25.4 Å². The SMILES string of the molecule is CCCN1C(=CC(=O)c2ccc(C(=O)OC)cc2)Sc2ccccc21. The van der Waals surface area contributed by atoms with E-state index in [1.807, 2.05) is 12.1 Å².